The third kappa shape index (κ3) is 39.7. The van der Waals surface area contributed by atoms with Gasteiger partial charge in [0, 0.05) is 12.8 Å². The molecule has 2 amide bonds. The Balaban J connectivity index is 4.11. The first-order valence-electron chi connectivity index (χ1n) is 23.4. The zero-order valence-electron chi connectivity index (χ0n) is 36.6. The molecule has 2 atom stereocenters. The van der Waals surface area contributed by atoms with Crippen LogP contribution in [0.25, 0.3) is 0 Å². The van der Waals surface area contributed by atoms with Crippen LogP contribution in [0.3, 0.4) is 0 Å². The maximum absolute atomic E-state index is 12.7. The molecule has 0 saturated heterocycles. The van der Waals surface area contributed by atoms with E-state index >= 15 is 0 Å². The molecule has 9 nitrogen and oxygen atoms in total. The number of aliphatic hydroxyl groups is 1. The van der Waals surface area contributed by atoms with Crippen LogP contribution in [0.1, 0.15) is 219 Å². The molecule has 0 radical (unpaired) electrons. The summed E-state index contributed by atoms with van der Waals surface area (Å²) >= 11 is 0. The minimum atomic E-state index is -1.39. The van der Waals surface area contributed by atoms with Crippen molar-refractivity contribution in [2.75, 3.05) is 13.2 Å². The Morgan fingerprint density at radius 1 is 0.544 bits per heavy atom. The number of unbranched alkanes of at least 4 members (excludes halogenated alkanes) is 24. The molecular weight excluding hydrogens is 717 g/mol. The van der Waals surface area contributed by atoms with Crippen LogP contribution in [-0.4, -0.2) is 59.3 Å². The van der Waals surface area contributed by atoms with Gasteiger partial charge in [-0.1, -0.05) is 192 Å². The number of allylic oxidation sites excluding steroid dienone is 5. The minimum absolute atomic E-state index is 0.132. The molecule has 0 fully saturated rings. The second kappa shape index (κ2) is 42.7. The van der Waals surface area contributed by atoms with E-state index in [1.807, 2.05) is 6.08 Å². The molecule has 0 aliphatic rings. The van der Waals surface area contributed by atoms with Gasteiger partial charge in [0.15, 0.2) is 0 Å². The smallest absolute Gasteiger partial charge is 0.328 e. The summed E-state index contributed by atoms with van der Waals surface area (Å²) in [6.45, 7) is 3.34. The van der Waals surface area contributed by atoms with Crippen molar-refractivity contribution >= 4 is 23.8 Å². The van der Waals surface area contributed by atoms with Gasteiger partial charge in [-0.2, -0.15) is 0 Å². The Kier molecular flexibility index (Phi) is 40.5. The molecule has 0 saturated carbocycles. The molecule has 4 N–H and O–H groups in total. The SMILES string of the molecule is CC/C=C\C/C=C\C/C=C\C(CCCCCCC(=O)NCC(=O)NC(CO)C(=O)O)OC(=O)CCCCCCCCCCCCCCCCCCCCCCCC. The lowest BCUT2D eigenvalue weighted by Gasteiger charge is -2.15. The lowest BCUT2D eigenvalue weighted by atomic mass is 10.0. The number of carboxylic acids is 1. The van der Waals surface area contributed by atoms with Crippen LogP contribution in [-0.2, 0) is 23.9 Å². The van der Waals surface area contributed by atoms with E-state index in [-0.39, 0.29) is 30.9 Å². The number of aliphatic hydroxyl groups excluding tert-OH is 1. The highest BCUT2D eigenvalue weighted by molar-refractivity contribution is 5.87. The van der Waals surface area contributed by atoms with Crippen LogP contribution in [0.4, 0.5) is 0 Å². The predicted octanol–water partition coefficient (Wildman–Crippen LogP) is 11.8. The fourth-order valence-corrected chi connectivity index (χ4v) is 6.83. The van der Waals surface area contributed by atoms with Crippen LogP contribution in [0.2, 0.25) is 0 Å². The zero-order chi connectivity index (χ0) is 41.9. The van der Waals surface area contributed by atoms with Crippen LogP contribution in [0.15, 0.2) is 36.5 Å². The van der Waals surface area contributed by atoms with Crippen LogP contribution in [0, 0.1) is 0 Å². The van der Waals surface area contributed by atoms with Crippen molar-refractivity contribution in [2.45, 2.75) is 231 Å². The summed E-state index contributed by atoms with van der Waals surface area (Å²) in [5, 5.41) is 22.5. The zero-order valence-corrected chi connectivity index (χ0v) is 36.6. The van der Waals surface area contributed by atoms with E-state index in [1.54, 1.807) is 0 Å². The number of aliphatic carboxylic acids is 1. The molecule has 0 aliphatic carbocycles. The van der Waals surface area contributed by atoms with E-state index in [0.717, 1.165) is 57.8 Å². The largest absolute Gasteiger partial charge is 0.480 e. The van der Waals surface area contributed by atoms with E-state index in [0.29, 0.717) is 12.8 Å². The Labute approximate surface area is 348 Å². The summed E-state index contributed by atoms with van der Waals surface area (Å²) in [5.41, 5.74) is 0. The standard InChI is InChI=1S/C48H86N2O7/c1-3-5-7-9-11-13-14-15-16-17-18-19-20-21-22-23-24-25-26-28-30-36-40-47(54)57-43(37-33-29-27-12-10-8-6-4-2)38-34-31-32-35-39-45(52)49-41-46(53)50-44(42-51)48(55)56/h6,8,12,27,33,37,43-44,51H,3-5,7,9-11,13-26,28-32,34-36,38-42H2,1-2H3,(H,49,52)(H,50,53)(H,55,56)/b8-6-,27-12-,37-33-. The average molecular weight is 803 g/mol. The summed E-state index contributed by atoms with van der Waals surface area (Å²) in [5.74, 6) is -2.43. The van der Waals surface area contributed by atoms with Crippen molar-refractivity contribution in [1.29, 1.82) is 0 Å². The summed E-state index contributed by atoms with van der Waals surface area (Å²) in [7, 11) is 0. The van der Waals surface area contributed by atoms with E-state index in [4.69, 9.17) is 14.9 Å². The van der Waals surface area contributed by atoms with Gasteiger partial charge in [-0.05, 0) is 51.0 Å². The summed E-state index contributed by atoms with van der Waals surface area (Å²) in [6, 6.07) is -1.39. The maximum Gasteiger partial charge on any atom is 0.328 e. The van der Waals surface area contributed by atoms with Gasteiger partial charge in [0.05, 0.1) is 13.2 Å². The summed E-state index contributed by atoms with van der Waals surface area (Å²) in [6.07, 6.45) is 49.3. The molecule has 0 heterocycles. The summed E-state index contributed by atoms with van der Waals surface area (Å²) < 4.78 is 5.89. The number of hydrogen-bond acceptors (Lipinski definition) is 6. The topological polar surface area (TPSA) is 142 Å². The fraction of sp³-hybridized carbons (Fsp3) is 0.792. The second-order valence-corrected chi connectivity index (χ2v) is 15.8. The highest BCUT2D eigenvalue weighted by atomic mass is 16.5. The van der Waals surface area contributed by atoms with E-state index in [9.17, 15) is 19.2 Å². The van der Waals surface area contributed by atoms with Crippen molar-refractivity contribution in [3.8, 4) is 0 Å². The number of carbonyl (C=O) groups excluding carboxylic acids is 3. The molecule has 0 rings (SSSR count). The van der Waals surface area contributed by atoms with Gasteiger partial charge in [0.2, 0.25) is 11.8 Å². The van der Waals surface area contributed by atoms with Crippen molar-refractivity contribution in [2.24, 2.45) is 0 Å². The lowest BCUT2D eigenvalue weighted by molar-refractivity contribution is -0.147. The molecule has 0 aromatic carbocycles. The number of amides is 2. The van der Waals surface area contributed by atoms with Crippen LogP contribution < -0.4 is 10.6 Å². The molecule has 0 spiro atoms. The highest BCUT2D eigenvalue weighted by Gasteiger charge is 2.18. The van der Waals surface area contributed by atoms with Gasteiger partial charge in [-0.15, -0.1) is 0 Å². The van der Waals surface area contributed by atoms with Gasteiger partial charge in [-0.3, -0.25) is 14.4 Å². The minimum Gasteiger partial charge on any atom is -0.480 e. The number of hydrogen-bond donors (Lipinski definition) is 4. The Morgan fingerprint density at radius 3 is 1.46 bits per heavy atom. The first-order chi connectivity index (χ1) is 27.8. The number of carboxylic acid groups (broad SMARTS) is 1. The van der Waals surface area contributed by atoms with Gasteiger partial charge < -0.3 is 25.6 Å². The van der Waals surface area contributed by atoms with Crippen molar-refractivity contribution in [3.05, 3.63) is 36.5 Å². The maximum atomic E-state index is 12.7. The van der Waals surface area contributed by atoms with Crippen LogP contribution in [0.5, 0.6) is 0 Å². The normalized spacial score (nSPS) is 12.8. The highest BCUT2D eigenvalue weighted by Crippen LogP contribution is 2.17. The molecule has 0 bridgehead atoms. The first-order valence-corrected chi connectivity index (χ1v) is 23.4. The third-order valence-corrected chi connectivity index (χ3v) is 10.4. The number of ether oxygens (including phenoxy) is 1. The van der Waals surface area contributed by atoms with E-state index in [2.05, 4.69) is 54.9 Å². The Morgan fingerprint density at radius 2 is 0.982 bits per heavy atom. The van der Waals surface area contributed by atoms with Crippen molar-refractivity contribution < 1.29 is 34.1 Å². The van der Waals surface area contributed by atoms with Crippen molar-refractivity contribution in [1.82, 2.24) is 10.6 Å². The molecular formula is C48H86N2O7. The number of rotatable bonds is 42. The average Bonchev–Trinajstić information content (AvgIpc) is 3.20. The fourth-order valence-electron chi connectivity index (χ4n) is 6.83. The molecule has 0 aliphatic heterocycles. The van der Waals surface area contributed by atoms with Gasteiger partial charge in [0.1, 0.15) is 12.1 Å². The third-order valence-electron chi connectivity index (χ3n) is 10.4. The van der Waals surface area contributed by atoms with Gasteiger partial charge >= 0.3 is 11.9 Å². The monoisotopic (exact) mass is 803 g/mol. The molecule has 0 aromatic heterocycles. The Bertz CT molecular complexity index is 1060. The molecule has 57 heavy (non-hydrogen) atoms. The van der Waals surface area contributed by atoms with Crippen molar-refractivity contribution in [3.63, 3.8) is 0 Å². The Hall–Kier alpha value is -2.94. The van der Waals surface area contributed by atoms with E-state index < -0.39 is 24.5 Å². The van der Waals surface area contributed by atoms with Gasteiger partial charge in [-0.25, -0.2) is 4.79 Å². The number of carbonyl (C=O) groups is 4. The quantitative estimate of drug-likeness (QED) is 0.0273. The second-order valence-electron chi connectivity index (χ2n) is 15.8. The van der Waals surface area contributed by atoms with E-state index in [1.165, 1.54) is 128 Å². The molecule has 2 unspecified atom stereocenters. The lowest BCUT2D eigenvalue weighted by Crippen LogP contribution is -2.47. The first kappa shape index (κ1) is 54.1. The number of esters is 1. The van der Waals surface area contributed by atoms with Crippen LogP contribution >= 0.6 is 0 Å². The van der Waals surface area contributed by atoms with Gasteiger partial charge in [0.25, 0.3) is 0 Å². The molecule has 0 aromatic rings. The predicted molar refractivity (Wildman–Crippen MR) is 236 cm³/mol. The molecule has 330 valence electrons. The number of nitrogens with one attached hydrogen (secondary N) is 2. The molecule has 9 heteroatoms. The summed E-state index contributed by atoms with van der Waals surface area (Å²) in [4.78, 5) is 47.6.